The second-order valence-electron chi connectivity index (χ2n) is 7.79. The van der Waals surface area contributed by atoms with Gasteiger partial charge in [-0.05, 0) is 17.7 Å². The van der Waals surface area contributed by atoms with Crippen molar-refractivity contribution in [3.8, 4) is 0 Å². The van der Waals surface area contributed by atoms with Crippen LogP contribution in [0.4, 0.5) is 24.8 Å². The van der Waals surface area contributed by atoms with E-state index in [2.05, 4.69) is 15.3 Å². The van der Waals surface area contributed by atoms with Gasteiger partial charge in [0, 0.05) is 37.9 Å². The zero-order chi connectivity index (χ0) is 22.8. The van der Waals surface area contributed by atoms with Gasteiger partial charge in [-0.1, -0.05) is 48.5 Å². The van der Waals surface area contributed by atoms with Gasteiger partial charge < -0.3 is 10.2 Å². The highest BCUT2D eigenvalue weighted by Crippen LogP contribution is 2.40. The Kier molecular flexibility index (Phi) is 6.49. The zero-order valence-corrected chi connectivity index (χ0v) is 18.5. The van der Waals surface area contributed by atoms with E-state index in [0.717, 1.165) is 17.4 Å². The van der Waals surface area contributed by atoms with Crippen molar-refractivity contribution in [3.63, 3.8) is 0 Å². The highest BCUT2D eigenvalue weighted by atomic mass is 35.5. The van der Waals surface area contributed by atoms with Gasteiger partial charge in [-0.15, -0.1) is 23.2 Å². The average Bonchev–Trinajstić information content (AvgIpc) is 3.07. The van der Waals surface area contributed by atoms with Crippen molar-refractivity contribution in [2.45, 2.75) is 29.4 Å². The molecule has 9 heteroatoms. The van der Waals surface area contributed by atoms with Gasteiger partial charge in [0.05, 0.1) is 21.5 Å². The first-order chi connectivity index (χ1) is 15.2. The smallest absolute Gasteiger partial charge is 0.368 e. The Balaban J connectivity index is 1.58. The van der Waals surface area contributed by atoms with Gasteiger partial charge in [-0.3, -0.25) is 0 Å². The summed E-state index contributed by atoms with van der Waals surface area (Å²) in [5, 5.41) is 2.43. The fraction of sp³-hybridized carbons (Fsp3) is 0.304. The van der Waals surface area contributed by atoms with Gasteiger partial charge in [0.1, 0.15) is 0 Å². The molecule has 2 aromatic carbocycles. The number of hydrogen-bond acceptors (Lipinski definition) is 4. The molecular formula is C23H21Cl2F3N4. The summed E-state index contributed by atoms with van der Waals surface area (Å²) in [6.07, 6.45) is -3.92. The third-order valence-corrected chi connectivity index (χ3v) is 6.63. The van der Waals surface area contributed by atoms with Crippen LogP contribution >= 0.6 is 23.2 Å². The van der Waals surface area contributed by atoms with Crippen molar-refractivity contribution in [3.05, 3.63) is 83.7 Å². The summed E-state index contributed by atoms with van der Waals surface area (Å²) in [6, 6.07) is 19.0. The molecule has 2 heterocycles. The first kappa shape index (κ1) is 22.7. The van der Waals surface area contributed by atoms with E-state index in [1.165, 1.54) is 0 Å². The number of nitrogens with zero attached hydrogens (tertiary/aromatic N) is 3. The molecule has 1 aromatic heterocycles. The molecule has 2 unspecified atom stereocenters. The minimum Gasteiger partial charge on any atom is -0.368 e. The van der Waals surface area contributed by atoms with Gasteiger partial charge in [0.25, 0.3) is 0 Å². The molecule has 4 rings (SSSR count). The second kappa shape index (κ2) is 9.16. The van der Waals surface area contributed by atoms with E-state index in [9.17, 15) is 13.2 Å². The Hall–Kier alpha value is -2.51. The number of rotatable bonds is 6. The van der Waals surface area contributed by atoms with Gasteiger partial charge >= 0.3 is 6.18 Å². The molecular weight excluding hydrogens is 460 g/mol. The van der Waals surface area contributed by atoms with Crippen LogP contribution in [0.25, 0.3) is 0 Å². The summed E-state index contributed by atoms with van der Waals surface area (Å²) in [5.74, 6) is 0.112. The second-order valence-corrected chi connectivity index (χ2v) is 9.07. The van der Waals surface area contributed by atoms with E-state index in [0.29, 0.717) is 19.6 Å². The molecule has 1 N–H and O–H groups in total. The van der Waals surface area contributed by atoms with Crippen LogP contribution in [-0.2, 0) is 19.1 Å². The topological polar surface area (TPSA) is 41.1 Å². The van der Waals surface area contributed by atoms with Crippen LogP contribution in [0.1, 0.15) is 16.8 Å². The lowest BCUT2D eigenvalue weighted by Gasteiger charge is -2.26. The average molecular weight is 481 g/mol. The van der Waals surface area contributed by atoms with E-state index < -0.39 is 22.0 Å². The van der Waals surface area contributed by atoms with E-state index in [1.807, 2.05) is 65.6 Å². The Bertz CT molecular complexity index is 1050. The summed E-state index contributed by atoms with van der Waals surface area (Å²) in [7, 11) is 0. The standard InChI is InChI=1S/C23H21Cl2F3N4/c24-20-14-32(17-9-5-2-6-10-17)15-22(20,25)11-19-18(23(26,27)28)13-30-21(31-19)29-12-16-7-3-1-4-8-16/h1-10,13,20H,11-12,14-15H2,(H,29,30,31). The van der Waals surface area contributed by atoms with E-state index >= 15 is 0 Å². The number of aromatic nitrogens is 2. The first-order valence-electron chi connectivity index (χ1n) is 10.1. The number of alkyl halides is 5. The minimum atomic E-state index is -4.60. The number of nitrogens with one attached hydrogen (secondary N) is 1. The van der Waals surface area contributed by atoms with E-state index in [4.69, 9.17) is 23.2 Å². The Labute approximate surface area is 194 Å². The van der Waals surface area contributed by atoms with Crippen LogP contribution in [-0.4, -0.2) is 33.3 Å². The molecule has 2 atom stereocenters. The molecule has 0 amide bonds. The van der Waals surface area contributed by atoms with Crippen molar-refractivity contribution < 1.29 is 13.2 Å². The molecule has 0 saturated carbocycles. The highest BCUT2D eigenvalue weighted by Gasteiger charge is 2.47. The fourth-order valence-electron chi connectivity index (χ4n) is 3.77. The quantitative estimate of drug-likeness (QED) is 0.455. The number of hydrogen-bond donors (Lipinski definition) is 1. The van der Waals surface area contributed by atoms with Crippen molar-refractivity contribution in [2.75, 3.05) is 23.3 Å². The van der Waals surface area contributed by atoms with E-state index in [-0.39, 0.29) is 18.1 Å². The molecule has 168 valence electrons. The van der Waals surface area contributed by atoms with Crippen molar-refractivity contribution >= 4 is 34.8 Å². The Morgan fingerprint density at radius 2 is 1.72 bits per heavy atom. The fourth-order valence-corrected chi connectivity index (χ4v) is 4.42. The van der Waals surface area contributed by atoms with Crippen LogP contribution < -0.4 is 10.2 Å². The maximum atomic E-state index is 13.7. The van der Waals surface area contributed by atoms with Crippen LogP contribution in [0.3, 0.4) is 0 Å². The monoisotopic (exact) mass is 480 g/mol. The first-order valence-corrected chi connectivity index (χ1v) is 10.9. The van der Waals surface area contributed by atoms with Crippen molar-refractivity contribution in [1.29, 1.82) is 0 Å². The van der Waals surface area contributed by atoms with Gasteiger partial charge in [0.15, 0.2) is 0 Å². The molecule has 1 fully saturated rings. The summed E-state index contributed by atoms with van der Waals surface area (Å²) < 4.78 is 41.0. The summed E-state index contributed by atoms with van der Waals surface area (Å²) in [5.41, 5.74) is 0.814. The Morgan fingerprint density at radius 1 is 1.06 bits per heavy atom. The van der Waals surface area contributed by atoms with Crippen LogP contribution in [0.15, 0.2) is 66.9 Å². The highest BCUT2D eigenvalue weighted by molar-refractivity contribution is 6.33. The molecule has 0 aliphatic carbocycles. The maximum Gasteiger partial charge on any atom is 0.419 e. The van der Waals surface area contributed by atoms with Crippen LogP contribution in [0.5, 0.6) is 0 Å². The van der Waals surface area contributed by atoms with Gasteiger partial charge in [-0.25, -0.2) is 9.97 Å². The van der Waals surface area contributed by atoms with Crippen molar-refractivity contribution in [1.82, 2.24) is 9.97 Å². The molecule has 1 aliphatic rings. The maximum absolute atomic E-state index is 13.7. The largest absolute Gasteiger partial charge is 0.419 e. The molecule has 3 aromatic rings. The number of benzene rings is 2. The molecule has 1 aliphatic heterocycles. The van der Waals surface area contributed by atoms with Crippen LogP contribution in [0.2, 0.25) is 0 Å². The number of anilines is 2. The predicted molar refractivity (Wildman–Crippen MR) is 121 cm³/mol. The van der Waals surface area contributed by atoms with E-state index in [1.54, 1.807) is 0 Å². The predicted octanol–water partition coefficient (Wildman–Crippen LogP) is 5.76. The molecule has 1 saturated heterocycles. The van der Waals surface area contributed by atoms with Gasteiger partial charge in [-0.2, -0.15) is 13.2 Å². The normalized spacial score (nSPS) is 21.0. The Morgan fingerprint density at radius 3 is 2.38 bits per heavy atom. The SMILES string of the molecule is FC(F)(F)c1cnc(NCc2ccccc2)nc1CC1(Cl)CN(c2ccccc2)CC1Cl. The third kappa shape index (κ3) is 5.10. The molecule has 32 heavy (non-hydrogen) atoms. The number of para-hydroxylation sites is 1. The lowest BCUT2D eigenvalue weighted by atomic mass is 9.98. The summed E-state index contributed by atoms with van der Waals surface area (Å²) in [6.45, 7) is 1.12. The lowest BCUT2D eigenvalue weighted by Crippen LogP contribution is -2.36. The molecule has 0 radical (unpaired) electrons. The van der Waals surface area contributed by atoms with Gasteiger partial charge in [0.2, 0.25) is 5.95 Å². The third-order valence-electron chi connectivity index (χ3n) is 5.44. The lowest BCUT2D eigenvalue weighted by molar-refractivity contribution is -0.138. The molecule has 0 spiro atoms. The molecule has 0 bridgehead atoms. The number of halogens is 5. The summed E-state index contributed by atoms with van der Waals surface area (Å²) >= 11 is 13.4. The minimum absolute atomic E-state index is 0.112. The van der Waals surface area contributed by atoms with Crippen molar-refractivity contribution in [2.24, 2.45) is 0 Å². The zero-order valence-electron chi connectivity index (χ0n) is 17.0. The molecule has 4 nitrogen and oxygen atoms in total. The summed E-state index contributed by atoms with van der Waals surface area (Å²) in [4.78, 5) is 8.93. The van der Waals surface area contributed by atoms with Crippen LogP contribution in [0, 0.1) is 0 Å².